The number of amides is 2. The van der Waals surface area contributed by atoms with Crippen LogP contribution >= 0.6 is 0 Å². The molecule has 0 saturated carbocycles. The van der Waals surface area contributed by atoms with Gasteiger partial charge in [0, 0.05) is 62.3 Å². The van der Waals surface area contributed by atoms with Gasteiger partial charge < -0.3 is 30.3 Å². The van der Waals surface area contributed by atoms with E-state index >= 15 is 0 Å². The van der Waals surface area contributed by atoms with Gasteiger partial charge in [-0.3, -0.25) is 9.78 Å². The zero-order valence-electron chi connectivity index (χ0n) is 25.9. The van der Waals surface area contributed by atoms with Gasteiger partial charge in [-0.05, 0) is 50.6 Å². The van der Waals surface area contributed by atoms with Gasteiger partial charge in [0.25, 0.3) is 5.91 Å². The van der Waals surface area contributed by atoms with Gasteiger partial charge in [0.05, 0.1) is 11.9 Å². The van der Waals surface area contributed by atoms with Crippen LogP contribution in [0.15, 0.2) is 79.4 Å². The van der Waals surface area contributed by atoms with Crippen molar-refractivity contribution >= 4 is 35.4 Å². The number of pyridine rings is 2. The highest BCUT2D eigenvalue weighted by molar-refractivity contribution is 5.98. The molecule has 0 aliphatic carbocycles. The number of aliphatic carboxylic acids is 1. The summed E-state index contributed by atoms with van der Waals surface area (Å²) in [4.78, 5) is 59.4. The van der Waals surface area contributed by atoms with Crippen LogP contribution in [0.2, 0.25) is 0 Å². The number of nitrogens with zero attached hydrogens (tertiary/aromatic N) is 6. The molecule has 3 N–H and O–H groups in total. The SMILES string of the molecule is CC(C)(C)OC(=O)N1CCN(c2cc(-c3cc(C(=O)N[C@@H](Cc4ccccc4)C(=O)O)cc(Nc4cnccn4)n3)ccn2)CC1. The van der Waals surface area contributed by atoms with Gasteiger partial charge >= 0.3 is 12.1 Å². The van der Waals surface area contributed by atoms with Gasteiger partial charge in [-0.15, -0.1) is 0 Å². The highest BCUT2D eigenvalue weighted by atomic mass is 16.6. The summed E-state index contributed by atoms with van der Waals surface area (Å²) in [5.41, 5.74) is 1.58. The molecule has 4 aromatic rings. The van der Waals surface area contributed by atoms with Gasteiger partial charge in [-0.25, -0.2) is 24.5 Å². The van der Waals surface area contributed by atoms with Crippen LogP contribution < -0.4 is 15.5 Å². The van der Waals surface area contributed by atoms with E-state index in [1.54, 1.807) is 29.4 Å². The predicted octanol–water partition coefficient (Wildman–Crippen LogP) is 4.16. The second-order valence-electron chi connectivity index (χ2n) is 11.8. The normalized spacial score (nSPS) is 13.9. The first kappa shape index (κ1) is 31.8. The maximum atomic E-state index is 13.5. The van der Waals surface area contributed by atoms with Crippen molar-refractivity contribution in [3.63, 3.8) is 0 Å². The molecular weight excluding hydrogens is 588 g/mol. The Bertz CT molecular complexity index is 1670. The molecule has 0 spiro atoms. The quantitative estimate of drug-likeness (QED) is 0.245. The molecular formula is C33H36N8O5. The lowest BCUT2D eigenvalue weighted by molar-refractivity contribution is -0.139. The van der Waals surface area contributed by atoms with E-state index in [1.807, 2.05) is 57.2 Å². The van der Waals surface area contributed by atoms with Crippen LogP contribution in [-0.2, 0) is 16.0 Å². The number of anilines is 3. The predicted molar refractivity (Wildman–Crippen MR) is 172 cm³/mol. The minimum absolute atomic E-state index is 0.124. The number of carbonyl (C=O) groups is 3. The third-order valence-corrected chi connectivity index (χ3v) is 7.09. The summed E-state index contributed by atoms with van der Waals surface area (Å²) in [7, 11) is 0. The Labute approximate surface area is 266 Å². The zero-order chi connectivity index (χ0) is 32.7. The molecule has 2 amide bonds. The van der Waals surface area contributed by atoms with Gasteiger partial charge in [-0.2, -0.15) is 0 Å². The first-order valence-corrected chi connectivity index (χ1v) is 14.9. The van der Waals surface area contributed by atoms with Crippen molar-refractivity contribution in [1.29, 1.82) is 0 Å². The molecule has 5 rings (SSSR count). The van der Waals surface area contributed by atoms with E-state index in [4.69, 9.17) is 9.72 Å². The minimum Gasteiger partial charge on any atom is -0.480 e. The number of carboxylic acid groups (broad SMARTS) is 1. The van der Waals surface area contributed by atoms with E-state index in [1.165, 1.54) is 18.5 Å². The summed E-state index contributed by atoms with van der Waals surface area (Å²) >= 11 is 0. The minimum atomic E-state index is -1.14. The number of benzene rings is 1. The number of piperazine rings is 1. The lowest BCUT2D eigenvalue weighted by Gasteiger charge is -2.36. The molecule has 1 atom stereocenters. The average Bonchev–Trinajstić information content (AvgIpc) is 3.04. The van der Waals surface area contributed by atoms with Crippen LogP contribution in [0.25, 0.3) is 11.3 Å². The van der Waals surface area contributed by atoms with E-state index < -0.39 is 23.5 Å². The van der Waals surface area contributed by atoms with E-state index in [2.05, 4.69) is 30.5 Å². The Morgan fingerprint density at radius 3 is 2.37 bits per heavy atom. The maximum Gasteiger partial charge on any atom is 0.410 e. The van der Waals surface area contributed by atoms with Crippen molar-refractivity contribution in [1.82, 2.24) is 30.2 Å². The highest BCUT2D eigenvalue weighted by Crippen LogP contribution is 2.26. The number of carboxylic acids is 1. The number of nitrogens with one attached hydrogen (secondary N) is 2. The smallest absolute Gasteiger partial charge is 0.410 e. The lowest BCUT2D eigenvalue weighted by atomic mass is 10.0. The van der Waals surface area contributed by atoms with E-state index in [0.29, 0.717) is 54.9 Å². The fourth-order valence-electron chi connectivity index (χ4n) is 4.86. The number of rotatable bonds is 9. The molecule has 0 bridgehead atoms. The molecule has 1 aromatic carbocycles. The van der Waals surface area contributed by atoms with Gasteiger partial charge in [0.2, 0.25) is 0 Å². The molecule has 1 fully saturated rings. The number of aromatic nitrogens is 4. The fourth-order valence-corrected chi connectivity index (χ4v) is 4.86. The molecule has 46 heavy (non-hydrogen) atoms. The summed E-state index contributed by atoms with van der Waals surface area (Å²) in [6.07, 6.45) is 6.03. The molecule has 13 nitrogen and oxygen atoms in total. The number of carbonyl (C=O) groups excluding carboxylic acids is 2. The largest absolute Gasteiger partial charge is 0.480 e. The van der Waals surface area contributed by atoms with E-state index in [-0.39, 0.29) is 18.1 Å². The molecule has 1 aliphatic rings. The van der Waals surface area contributed by atoms with Crippen molar-refractivity contribution in [2.75, 3.05) is 36.4 Å². The Morgan fingerprint density at radius 2 is 1.70 bits per heavy atom. The highest BCUT2D eigenvalue weighted by Gasteiger charge is 2.27. The van der Waals surface area contributed by atoms with Crippen molar-refractivity contribution < 1.29 is 24.2 Å². The van der Waals surface area contributed by atoms with Crippen LogP contribution in [0, 0.1) is 0 Å². The third kappa shape index (κ3) is 8.52. The van der Waals surface area contributed by atoms with Gasteiger partial charge in [0.1, 0.15) is 29.1 Å². The Morgan fingerprint density at radius 1 is 0.935 bits per heavy atom. The average molecular weight is 625 g/mol. The summed E-state index contributed by atoms with van der Waals surface area (Å²) in [5.74, 6) is -0.279. The van der Waals surface area contributed by atoms with Gasteiger partial charge in [0.15, 0.2) is 0 Å². The van der Waals surface area contributed by atoms with Crippen LogP contribution in [0.5, 0.6) is 0 Å². The van der Waals surface area contributed by atoms with Crippen molar-refractivity contribution in [2.24, 2.45) is 0 Å². The van der Waals surface area contributed by atoms with Crippen molar-refractivity contribution in [3.05, 3.63) is 90.5 Å². The standard InChI is InChI=1S/C33H36N8O5/c1-33(2,3)46-32(45)41-15-13-40(14-16-41)29-20-23(9-10-36-29)25-18-24(19-27(37-25)39-28-21-34-11-12-35-28)30(42)38-26(31(43)44)17-22-7-5-4-6-8-22/h4-12,18-21,26H,13-17H2,1-3H3,(H,38,42)(H,43,44)(H,35,37,39)/t26-/m0/s1. The van der Waals surface area contributed by atoms with Crippen LogP contribution in [0.4, 0.5) is 22.2 Å². The molecule has 13 heteroatoms. The van der Waals surface area contributed by atoms with E-state index in [9.17, 15) is 19.5 Å². The number of hydrogen-bond acceptors (Lipinski definition) is 10. The first-order chi connectivity index (χ1) is 22.0. The molecule has 4 heterocycles. The van der Waals surface area contributed by atoms with Crippen molar-refractivity contribution in [2.45, 2.75) is 38.8 Å². The summed E-state index contributed by atoms with van der Waals surface area (Å²) in [5, 5.41) is 15.6. The monoisotopic (exact) mass is 624 g/mol. The van der Waals surface area contributed by atoms with E-state index in [0.717, 1.165) is 5.56 Å². The van der Waals surface area contributed by atoms with Crippen LogP contribution in [0.3, 0.4) is 0 Å². The number of ether oxygens (including phenoxy) is 1. The second-order valence-corrected chi connectivity index (χ2v) is 11.8. The Hall–Kier alpha value is -5.59. The maximum absolute atomic E-state index is 13.5. The number of hydrogen-bond donors (Lipinski definition) is 3. The lowest BCUT2D eigenvalue weighted by Crippen LogP contribution is -2.50. The van der Waals surface area contributed by atoms with Gasteiger partial charge in [-0.1, -0.05) is 30.3 Å². The zero-order valence-corrected chi connectivity index (χ0v) is 25.9. The first-order valence-electron chi connectivity index (χ1n) is 14.9. The molecule has 1 aliphatic heterocycles. The molecule has 1 saturated heterocycles. The Balaban J connectivity index is 1.39. The topological polar surface area (TPSA) is 163 Å². The summed E-state index contributed by atoms with van der Waals surface area (Å²) in [6.45, 7) is 7.60. The summed E-state index contributed by atoms with van der Waals surface area (Å²) in [6, 6.07) is 14.8. The molecule has 0 unspecified atom stereocenters. The molecule has 238 valence electrons. The Kier molecular flexibility index (Phi) is 9.70. The molecule has 0 radical (unpaired) electrons. The molecule has 3 aromatic heterocycles. The van der Waals surface area contributed by atoms with Crippen molar-refractivity contribution in [3.8, 4) is 11.3 Å². The second kappa shape index (κ2) is 14.0. The van der Waals surface area contributed by atoms with Crippen LogP contribution in [-0.4, -0.2) is 85.7 Å². The fraction of sp³-hybridized carbons (Fsp3) is 0.303. The third-order valence-electron chi connectivity index (χ3n) is 7.09. The van der Waals surface area contributed by atoms with Crippen LogP contribution in [0.1, 0.15) is 36.7 Å². The summed E-state index contributed by atoms with van der Waals surface area (Å²) < 4.78 is 5.51.